The van der Waals surface area contributed by atoms with Crippen molar-refractivity contribution in [2.75, 3.05) is 5.32 Å². The zero-order valence-corrected chi connectivity index (χ0v) is 13.9. The average molecular weight is 284 g/mol. The van der Waals surface area contributed by atoms with E-state index in [1.165, 1.54) is 0 Å². The number of nitrogens with zero attached hydrogens (tertiary/aromatic N) is 2. The molecule has 3 nitrogen and oxygen atoms in total. The number of rotatable bonds is 4. The second kappa shape index (κ2) is 5.66. The van der Waals surface area contributed by atoms with Crippen molar-refractivity contribution in [1.82, 2.24) is 9.97 Å². The van der Waals surface area contributed by atoms with Crippen LogP contribution >= 0.6 is 11.6 Å². The smallest absolute Gasteiger partial charge is 0.135 e. The van der Waals surface area contributed by atoms with Gasteiger partial charge >= 0.3 is 0 Å². The van der Waals surface area contributed by atoms with Crippen LogP contribution in [0.1, 0.15) is 66.6 Å². The molecule has 0 aliphatic carbocycles. The van der Waals surface area contributed by atoms with Crippen LogP contribution in [0.2, 0.25) is 5.15 Å². The van der Waals surface area contributed by atoms with E-state index in [-0.39, 0.29) is 16.9 Å². The molecule has 0 saturated heterocycles. The second-order valence-corrected chi connectivity index (χ2v) is 7.72. The van der Waals surface area contributed by atoms with Gasteiger partial charge in [-0.25, -0.2) is 9.97 Å². The van der Waals surface area contributed by atoms with E-state index in [4.69, 9.17) is 11.6 Å². The molecule has 0 amide bonds. The predicted molar refractivity (Wildman–Crippen MR) is 82.9 cm³/mol. The molecule has 0 atom stereocenters. The van der Waals surface area contributed by atoms with Crippen LogP contribution in [0.5, 0.6) is 0 Å². The fourth-order valence-corrected chi connectivity index (χ4v) is 2.66. The maximum Gasteiger partial charge on any atom is 0.135 e. The zero-order valence-electron chi connectivity index (χ0n) is 13.1. The molecule has 0 aromatic carbocycles. The number of aromatic nitrogens is 2. The molecule has 0 radical (unpaired) electrons. The molecule has 1 heterocycles. The summed E-state index contributed by atoms with van der Waals surface area (Å²) in [5.41, 5.74) is 0.221. The molecular weight excluding hydrogens is 258 g/mol. The van der Waals surface area contributed by atoms with Crippen molar-refractivity contribution in [3.8, 4) is 0 Å². The maximum atomic E-state index is 6.06. The summed E-state index contributed by atoms with van der Waals surface area (Å²) in [6.07, 6.45) is 1.04. The molecule has 1 aromatic heterocycles. The first kappa shape index (κ1) is 16.2. The summed E-state index contributed by atoms with van der Waals surface area (Å²) in [5, 5.41) is 3.97. The molecule has 108 valence electrons. The molecule has 19 heavy (non-hydrogen) atoms. The van der Waals surface area contributed by atoms with Crippen LogP contribution in [0.15, 0.2) is 6.07 Å². The Bertz CT molecular complexity index is 434. The van der Waals surface area contributed by atoms with Gasteiger partial charge in [-0.1, -0.05) is 46.2 Å². The largest absolute Gasteiger partial charge is 0.365 e. The molecule has 0 aliphatic heterocycles. The molecule has 0 bridgehead atoms. The third-order valence-electron chi connectivity index (χ3n) is 2.67. The number of halogens is 1. The van der Waals surface area contributed by atoms with Gasteiger partial charge in [0.05, 0.1) is 0 Å². The number of hydrogen-bond acceptors (Lipinski definition) is 3. The molecule has 0 spiro atoms. The molecule has 0 unspecified atom stereocenters. The molecule has 1 aromatic rings. The lowest BCUT2D eigenvalue weighted by Crippen LogP contribution is -2.35. The highest BCUT2D eigenvalue weighted by Crippen LogP contribution is 2.30. The number of anilines is 1. The minimum absolute atomic E-state index is 0.0375. The van der Waals surface area contributed by atoms with Crippen molar-refractivity contribution in [3.63, 3.8) is 0 Å². The van der Waals surface area contributed by atoms with Crippen molar-refractivity contribution >= 4 is 17.4 Å². The van der Waals surface area contributed by atoms with Gasteiger partial charge in [0, 0.05) is 17.5 Å². The molecule has 1 N–H and O–H groups in total. The molecular formula is C15H26ClN3. The fraction of sp³-hybridized carbons (Fsp3) is 0.733. The van der Waals surface area contributed by atoms with Gasteiger partial charge in [0.15, 0.2) is 0 Å². The van der Waals surface area contributed by atoms with Crippen LogP contribution in [0.3, 0.4) is 0 Å². The summed E-state index contributed by atoms with van der Waals surface area (Å²) >= 11 is 6.06. The molecule has 0 aliphatic rings. The third-order valence-corrected chi connectivity index (χ3v) is 2.86. The van der Waals surface area contributed by atoms with E-state index in [1.54, 1.807) is 6.07 Å². The Morgan fingerprint density at radius 2 is 1.74 bits per heavy atom. The van der Waals surface area contributed by atoms with Gasteiger partial charge in [0.2, 0.25) is 0 Å². The van der Waals surface area contributed by atoms with E-state index >= 15 is 0 Å². The van der Waals surface area contributed by atoms with E-state index in [9.17, 15) is 0 Å². The first-order valence-corrected chi connectivity index (χ1v) is 7.19. The van der Waals surface area contributed by atoms with Crippen molar-refractivity contribution in [2.24, 2.45) is 5.41 Å². The second-order valence-electron chi connectivity index (χ2n) is 7.34. The average Bonchev–Trinajstić information content (AvgIpc) is 2.10. The Kier molecular flexibility index (Phi) is 4.83. The molecule has 4 heteroatoms. The van der Waals surface area contributed by atoms with E-state index < -0.39 is 0 Å². The zero-order chi connectivity index (χ0) is 14.8. The monoisotopic (exact) mass is 283 g/mol. The number of nitrogens with one attached hydrogen (secondary N) is 1. The molecule has 0 fully saturated rings. The Labute approximate surface area is 122 Å². The van der Waals surface area contributed by atoms with Crippen molar-refractivity contribution in [3.05, 3.63) is 17.0 Å². The normalized spacial score (nSPS) is 12.9. The highest BCUT2D eigenvalue weighted by Gasteiger charge is 2.26. The molecule has 1 rings (SSSR count). The summed E-state index contributed by atoms with van der Waals surface area (Å²) in [5.74, 6) is 1.85. The lowest BCUT2D eigenvalue weighted by atomic mass is 9.82. The fourth-order valence-electron chi connectivity index (χ4n) is 2.47. The lowest BCUT2D eigenvalue weighted by Gasteiger charge is -2.33. The van der Waals surface area contributed by atoms with Crippen molar-refractivity contribution in [2.45, 2.75) is 66.3 Å². The van der Waals surface area contributed by atoms with Crippen LogP contribution in [0.25, 0.3) is 0 Å². The standard InChI is InChI=1S/C15H26ClN3/c1-10(2)13-17-11(16)8-12(18-13)19-15(6,7)9-14(3,4)5/h8,10H,9H2,1-7H3,(H,17,18,19). The van der Waals surface area contributed by atoms with Crippen LogP contribution in [-0.4, -0.2) is 15.5 Å². The van der Waals surface area contributed by atoms with Gasteiger partial charge in [-0.2, -0.15) is 0 Å². The summed E-state index contributed by atoms with van der Waals surface area (Å²) in [4.78, 5) is 8.79. The van der Waals surface area contributed by atoms with Crippen molar-refractivity contribution < 1.29 is 0 Å². The van der Waals surface area contributed by atoms with Crippen LogP contribution in [-0.2, 0) is 0 Å². The summed E-state index contributed by atoms with van der Waals surface area (Å²) in [7, 11) is 0. The van der Waals surface area contributed by atoms with Crippen LogP contribution < -0.4 is 5.32 Å². The quantitative estimate of drug-likeness (QED) is 0.800. The van der Waals surface area contributed by atoms with Gasteiger partial charge in [-0.3, -0.25) is 0 Å². The topological polar surface area (TPSA) is 37.8 Å². The molecule has 0 saturated carbocycles. The van der Waals surface area contributed by atoms with E-state index in [0.717, 1.165) is 18.1 Å². The SMILES string of the molecule is CC(C)c1nc(Cl)cc(NC(C)(C)CC(C)(C)C)n1. The van der Waals surface area contributed by atoms with Gasteiger partial charge < -0.3 is 5.32 Å². The Balaban J connectivity index is 2.93. The van der Waals surface area contributed by atoms with Gasteiger partial charge in [-0.05, 0) is 25.7 Å². The van der Waals surface area contributed by atoms with E-state index in [1.807, 2.05) is 0 Å². The van der Waals surface area contributed by atoms with Gasteiger partial charge in [-0.15, -0.1) is 0 Å². The summed E-state index contributed by atoms with van der Waals surface area (Å²) < 4.78 is 0. The highest BCUT2D eigenvalue weighted by molar-refractivity contribution is 6.29. The third kappa shape index (κ3) is 5.77. The summed E-state index contributed by atoms with van der Waals surface area (Å²) in [6.45, 7) is 15.2. The summed E-state index contributed by atoms with van der Waals surface area (Å²) in [6, 6.07) is 1.79. The van der Waals surface area contributed by atoms with Gasteiger partial charge in [0.1, 0.15) is 16.8 Å². The maximum absolute atomic E-state index is 6.06. The van der Waals surface area contributed by atoms with Gasteiger partial charge in [0.25, 0.3) is 0 Å². The Hall–Kier alpha value is -0.830. The Morgan fingerprint density at radius 3 is 2.21 bits per heavy atom. The number of hydrogen-bond donors (Lipinski definition) is 1. The van der Waals surface area contributed by atoms with E-state index in [0.29, 0.717) is 5.15 Å². The first-order valence-electron chi connectivity index (χ1n) is 6.81. The van der Waals surface area contributed by atoms with Crippen LogP contribution in [0.4, 0.5) is 5.82 Å². The predicted octanol–water partition coefficient (Wildman–Crippen LogP) is 4.88. The lowest BCUT2D eigenvalue weighted by molar-refractivity contribution is 0.302. The minimum Gasteiger partial charge on any atom is -0.365 e. The Morgan fingerprint density at radius 1 is 1.16 bits per heavy atom. The van der Waals surface area contributed by atoms with Crippen LogP contribution in [0, 0.1) is 5.41 Å². The van der Waals surface area contributed by atoms with E-state index in [2.05, 4.69) is 63.8 Å². The first-order chi connectivity index (χ1) is 8.48. The van der Waals surface area contributed by atoms with Crippen molar-refractivity contribution in [1.29, 1.82) is 0 Å². The minimum atomic E-state index is -0.0375. The highest BCUT2D eigenvalue weighted by atomic mass is 35.5.